The van der Waals surface area contributed by atoms with Gasteiger partial charge in [-0.2, -0.15) is 18.3 Å². The van der Waals surface area contributed by atoms with Crippen molar-refractivity contribution in [3.05, 3.63) is 11.4 Å². The van der Waals surface area contributed by atoms with Crippen molar-refractivity contribution >= 4 is 10.0 Å². The van der Waals surface area contributed by atoms with Gasteiger partial charge in [0.1, 0.15) is 4.90 Å². The quantitative estimate of drug-likeness (QED) is 0.868. The number of hydrogen-bond acceptors (Lipinski definition) is 4. The molecule has 0 spiro atoms. The summed E-state index contributed by atoms with van der Waals surface area (Å²) in [7, 11) is -3.93. The van der Waals surface area contributed by atoms with Gasteiger partial charge in [-0.25, -0.2) is 13.1 Å². The van der Waals surface area contributed by atoms with E-state index in [1.165, 1.54) is 13.8 Å². The van der Waals surface area contributed by atoms with Gasteiger partial charge >= 0.3 is 6.18 Å². The molecule has 0 unspecified atom stereocenters. The summed E-state index contributed by atoms with van der Waals surface area (Å²) in [4.78, 5) is -0.170. The van der Waals surface area contributed by atoms with Crippen molar-refractivity contribution in [3.63, 3.8) is 0 Å². The standard InChI is InChI=1S/C12H20F3N3O3S/c1-7-10(22(20,21)17-11(3,4)5)8(2)18(16-7)6-9(19)12(13,14)15/h9,17,19H,6H2,1-5H3/t9-/m1/s1. The number of alkyl halides is 3. The number of nitrogens with zero attached hydrogens (tertiary/aromatic N) is 2. The molecular formula is C12H20F3N3O3S. The van der Waals surface area contributed by atoms with Gasteiger partial charge in [0.15, 0.2) is 6.10 Å². The van der Waals surface area contributed by atoms with Crippen molar-refractivity contribution in [1.29, 1.82) is 0 Å². The van der Waals surface area contributed by atoms with Crippen LogP contribution in [0.15, 0.2) is 4.90 Å². The molecule has 10 heteroatoms. The number of halogens is 3. The third kappa shape index (κ3) is 4.43. The number of aliphatic hydroxyl groups excluding tert-OH is 1. The molecule has 1 atom stereocenters. The Kier molecular flexibility index (Phi) is 5.00. The fourth-order valence-corrected chi connectivity index (χ4v) is 3.80. The topological polar surface area (TPSA) is 84.2 Å². The number of hydrogen-bond donors (Lipinski definition) is 2. The van der Waals surface area contributed by atoms with E-state index < -0.39 is 34.4 Å². The lowest BCUT2D eigenvalue weighted by molar-refractivity contribution is -0.208. The van der Waals surface area contributed by atoms with Crippen molar-refractivity contribution in [2.24, 2.45) is 0 Å². The highest BCUT2D eigenvalue weighted by Gasteiger charge is 2.39. The minimum absolute atomic E-state index is 0.0394. The van der Waals surface area contributed by atoms with Crippen LogP contribution in [0.3, 0.4) is 0 Å². The zero-order chi connectivity index (χ0) is 17.5. The Balaban J connectivity index is 3.21. The van der Waals surface area contributed by atoms with Crippen molar-refractivity contribution in [3.8, 4) is 0 Å². The van der Waals surface area contributed by atoms with Crippen LogP contribution in [-0.4, -0.2) is 41.1 Å². The molecule has 0 aliphatic rings. The third-order valence-electron chi connectivity index (χ3n) is 2.75. The molecule has 128 valence electrons. The molecule has 1 heterocycles. The van der Waals surface area contributed by atoms with E-state index >= 15 is 0 Å². The van der Waals surface area contributed by atoms with Gasteiger partial charge in [-0.05, 0) is 34.6 Å². The van der Waals surface area contributed by atoms with Crippen LogP contribution in [0.4, 0.5) is 13.2 Å². The van der Waals surface area contributed by atoms with E-state index in [0.29, 0.717) is 0 Å². The minimum Gasteiger partial charge on any atom is -0.382 e. The molecule has 0 aliphatic heterocycles. The molecule has 0 fully saturated rings. The van der Waals surface area contributed by atoms with Crippen LogP contribution in [0, 0.1) is 13.8 Å². The molecule has 0 aliphatic carbocycles. The summed E-state index contributed by atoms with van der Waals surface area (Å²) in [5, 5.41) is 12.9. The van der Waals surface area contributed by atoms with Gasteiger partial charge in [0, 0.05) is 5.54 Å². The maximum atomic E-state index is 12.4. The van der Waals surface area contributed by atoms with Crippen LogP contribution in [0.1, 0.15) is 32.2 Å². The van der Waals surface area contributed by atoms with E-state index in [4.69, 9.17) is 5.11 Å². The highest BCUT2D eigenvalue weighted by atomic mass is 32.2. The minimum atomic E-state index is -4.80. The van der Waals surface area contributed by atoms with Crippen LogP contribution >= 0.6 is 0 Å². The number of aryl methyl sites for hydroxylation is 1. The highest BCUT2D eigenvalue weighted by molar-refractivity contribution is 7.89. The molecule has 1 rings (SSSR count). The van der Waals surface area contributed by atoms with E-state index in [2.05, 4.69) is 9.82 Å². The maximum Gasteiger partial charge on any atom is 0.416 e. The predicted octanol–water partition coefficient (Wildman–Crippen LogP) is 1.50. The number of rotatable bonds is 4. The van der Waals surface area contributed by atoms with Gasteiger partial charge in [0.05, 0.1) is 17.9 Å². The Hall–Kier alpha value is -1.13. The Morgan fingerprint density at radius 2 is 1.77 bits per heavy atom. The lowest BCUT2D eigenvalue weighted by atomic mass is 10.1. The zero-order valence-corrected chi connectivity index (χ0v) is 13.8. The van der Waals surface area contributed by atoms with Crippen molar-refractivity contribution in [2.45, 2.75) is 63.9 Å². The van der Waals surface area contributed by atoms with E-state index in [-0.39, 0.29) is 16.3 Å². The monoisotopic (exact) mass is 343 g/mol. The van der Waals surface area contributed by atoms with Gasteiger partial charge in [-0.3, -0.25) is 4.68 Å². The largest absolute Gasteiger partial charge is 0.416 e. The van der Waals surface area contributed by atoms with Gasteiger partial charge in [0.2, 0.25) is 10.0 Å². The van der Waals surface area contributed by atoms with Crippen molar-refractivity contribution in [1.82, 2.24) is 14.5 Å². The van der Waals surface area contributed by atoms with Crippen LogP contribution in [0.25, 0.3) is 0 Å². The second-order valence-electron chi connectivity index (χ2n) is 6.09. The van der Waals surface area contributed by atoms with Gasteiger partial charge in [0.25, 0.3) is 0 Å². The Bertz CT molecular complexity index is 645. The maximum absolute atomic E-state index is 12.4. The average molecular weight is 343 g/mol. The number of aliphatic hydroxyl groups is 1. The first kappa shape index (κ1) is 18.9. The summed E-state index contributed by atoms with van der Waals surface area (Å²) in [6.45, 7) is 6.81. The van der Waals surface area contributed by atoms with Crippen molar-refractivity contribution in [2.75, 3.05) is 0 Å². The molecule has 22 heavy (non-hydrogen) atoms. The molecule has 6 nitrogen and oxygen atoms in total. The van der Waals surface area contributed by atoms with E-state index in [9.17, 15) is 21.6 Å². The SMILES string of the molecule is Cc1nn(C[C@@H](O)C(F)(F)F)c(C)c1S(=O)(=O)NC(C)(C)C. The van der Waals surface area contributed by atoms with Crippen molar-refractivity contribution < 1.29 is 26.7 Å². The lowest BCUT2D eigenvalue weighted by Gasteiger charge is -2.20. The summed E-state index contributed by atoms with van der Waals surface area (Å²) in [5.74, 6) is 0. The summed E-state index contributed by atoms with van der Waals surface area (Å²) in [6, 6.07) is 0. The first-order valence-electron chi connectivity index (χ1n) is 6.48. The molecule has 0 aromatic carbocycles. The number of aromatic nitrogens is 2. The van der Waals surface area contributed by atoms with Gasteiger partial charge in [-0.1, -0.05) is 0 Å². The number of sulfonamides is 1. The summed E-state index contributed by atoms with van der Waals surface area (Å²) in [6.07, 6.45) is -7.41. The fraction of sp³-hybridized carbons (Fsp3) is 0.750. The molecule has 1 aromatic heterocycles. The van der Waals surface area contributed by atoms with E-state index in [1.807, 2.05) is 0 Å². The number of nitrogens with one attached hydrogen (secondary N) is 1. The van der Waals surface area contributed by atoms with Crippen LogP contribution in [0.2, 0.25) is 0 Å². The Labute approximate surface area is 127 Å². The molecule has 1 aromatic rings. The highest BCUT2D eigenvalue weighted by Crippen LogP contribution is 2.25. The molecule has 0 amide bonds. The van der Waals surface area contributed by atoms with Crippen LogP contribution in [0.5, 0.6) is 0 Å². The van der Waals surface area contributed by atoms with Crippen LogP contribution in [-0.2, 0) is 16.6 Å². The Morgan fingerprint density at radius 3 is 2.18 bits per heavy atom. The predicted molar refractivity (Wildman–Crippen MR) is 73.8 cm³/mol. The Morgan fingerprint density at radius 1 is 1.27 bits per heavy atom. The first-order chi connectivity index (χ1) is 9.65. The van der Waals surface area contributed by atoms with Gasteiger partial charge in [-0.15, -0.1) is 0 Å². The fourth-order valence-electron chi connectivity index (χ4n) is 1.97. The van der Waals surface area contributed by atoms with E-state index in [1.54, 1.807) is 20.8 Å². The molecule has 0 saturated carbocycles. The average Bonchev–Trinajstić information content (AvgIpc) is 2.49. The molecule has 0 saturated heterocycles. The third-order valence-corrected chi connectivity index (χ3v) is 4.76. The molecular weight excluding hydrogens is 323 g/mol. The van der Waals surface area contributed by atoms with E-state index in [0.717, 1.165) is 4.68 Å². The smallest absolute Gasteiger partial charge is 0.382 e. The molecule has 2 N–H and O–H groups in total. The second kappa shape index (κ2) is 5.82. The first-order valence-corrected chi connectivity index (χ1v) is 7.96. The normalized spacial score (nSPS) is 15.1. The summed E-state index contributed by atoms with van der Waals surface area (Å²) in [5.41, 5.74) is -0.633. The van der Waals surface area contributed by atoms with Crippen LogP contribution < -0.4 is 4.72 Å². The summed E-state index contributed by atoms with van der Waals surface area (Å²) < 4.78 is 65.2. The summed E-state index contributed by atoms with van der Waals surface area (Å²) >= 11 is 0. The van der Waals surface area contributed by atoms with Gasteiger partial charge < -0.3 is 5.11 Å². The molecule has 0 radical (unpaired) electrons. The zero-order valence-electron chi connectivity index (χ0n) is 13.0. The molecule has 0 bridgehead atoms. The lowest BCUT2D eigenvalue weighted by Crippen LogP contribution is -2.40. The second-order valence-corrected chi connectivity index (χ2v) is 7.71.